The van der Waals surface area contributed by atoms with Crippen molar-refractivity contribution in [3.8, 4) is 6.07 Å². The van der Waals surface area contributed by atoms with Gasteiger partial charge in [0.25, 0.3) is 0 Å². The maximum Gasteiger partial charge on any atom is 0.410 e. The summed E-state index contributed by atoms with van der Waals surface area (Å²) in [6.07, 6.45) is 5.31. The standard InChI is InChI=1S/C22H23N3O6S/c1-3-5-30-19-9-14(11-23)7-17(16(19)13-26)24-21(28)18-8-15(10-20(27)32)12-25(18)22(29)31-6-4-2/h3-4,7,9,15,17-18H,1-2,5-6,8,10,12H2,(H,24,28)(H,27,32)/t15-,17?,18-/m0/s1. The molecule has 0 spiro atoms. The number of hydrogen-bond donors (Lipinski definition) is 2. The lowest BCUT2D eigenvalue weighted by atomic mass is 9.96. The van der Waals surface area contributed by atoms with E-state index in [9.17, 15) is 24.8 Å². The summed E-state index contributed by atoms with van der Waals surface area (Å²) in [6.45, 7) is 7.23. The third kappa shape index (κ3) is 6.17. The number of ether oxygens (including phenoxy) is 2. The second kappa shape index (κ2) is 11.6. The first-order chi connectivity index (χ1) is 15.3. The fraction of sp³-hybridized carbons (Fsp3) is 0.364. The number of nitrogens with zero attached hydrogens (tertiary/aromatic N) is 2. The molecule has 168 valence electrons. The van der Waals surface area contributed by atoms with E-state index in [2.05, 4.69) is 18.5 Å². The van der Waals surface area contributed by atoms with Crippen molar-refractivity contribution >= 4 is 35.2 Å². The van der Waals surface area contributed by atoms with Crippen LogP contribution < -0.4 is 5.32 Å². The van der Waals surface area contributed by atoms with Gasteiger partial charge in [-0.05, 0) is 36.7 Å². The van der Waals surface area contributed by atoms with Gasteiger partial charge in [0.2, 0.25) is 5.91 Å². The Kier molecular flexibility index (Phi) is 8.95. The highest BCUT2D eigenvalue weighted by Crippen LogP contribution is 2.28. The maximum atomic E-state index is 13.1. The number of carbonyl (C=O) groups excluding carboxylic acids is 3. The molecule has 1 aliphatic carbocycles. The van der Waals surface area contributed by atoms with Crippen molar-refractivity contribution in [2.24, 2.45) is 5.92 Å². The molecule has 1 saturated heterocycles. The highest BCUT2D eigenvalue weighted by molar-refractivity contribution is 7.80. The Morgan fingerprint density at radius 3 is 2.69 bits per heavy atom. The van der Waals surface area contributed by atoms with Crippen molar-refractivity contribution < 1.29 is 29.0 Å². The number of nitriles is 1. The Bertz CT molecular complexity index is 957. The first-order valence-electron chi connectivity index (χ1n) is 9.73. The molecule has 2 rings (SSSR count). The van der Waals surface area contributed by atoms with Crippen LogP contribution in [-0.2, 0) is 19.1 Å². The quantitative estimate of drug-likeness (QED) is 0.306. The van der Waals surface area contributed by atoms with Crippen molar-refractivity contribution in [1.82, 2.24) is 10.2 Å². The Balaban J connectivity index is 2.24. The number of rotatable bonds is 9. The molecule has 1 unspecified atom stereocenters. The fourth-order valence-corrected chi connectivity index (χ4v) is 3.71. The molecular weight excluding hydrogens is 434 g/mol. The van der Waals surface area contributed by atoms with Gasteiger partial charge in [-0.2, -0.15) is 5.26 Å². The van der Waals surface area contributed by atoms with Crippen LogP contribution in [0.5, 0.6) is 0 Å². The molecule has 3 atom stereocenters. The normalized spacial score (nSPS) is 21.9. The van der Waals surface area contributed by atoms with Gasteiger partial charge in [0.15, 0.2) is 5.05 Å². The monoisotopic (exact) mass is 457 g/mol. The molecule has 10 heteroatoms. The first kappa shape index (κ1) is 24.6. The number of aliphatic hydroxyl groups is 1. The molecule has 0 aromatic carbocycles. The van der Waals surface area contributed by atoms with Gasteiger partial charge in [-0.3, -0.25) is 9.69 Å². The molecule has 1 aliphatic heterocycles. The van der Waals surface area contributed by atoms with E-state index in [1.54, 1.807) is 5.94 Å². The second-order valence-corrected chi connectivity index (χ2v) is 7.55. The predicted octanol–water partition coefficient (Wildman–Crippen LogP) is 2.07. The van der Waals surface area contributed by atoms with E-state index >= 15 is 0 Å². The first-order valence-corrected chi connectivity index (χ1v) is 10.1. The third-order valence-electron chi connectivity index (χ3n) is 4.82. The van der Waals surface area contributed by atoms with Crippen molar-refractivity contribution in [1.29, 1.82) is 5.26 Å². The SMILES string of the molecule is C=CCOC(=O)N1C[C@H](CC(O)=S)C[C@H]1C(=O)NC1C=C(C#N)C=C(OCC=C)C1=C=O. The Morgan fingerprint density at radius 1 is 1.38 bits per heavy atom. The lowest BCUT2D eigenvalue weighted by Crippen LogP contribution is -2.49. The van der Waals surface area contributed by atoms with Crippen LogP contribution in [0.15, 0.2) is 54.4 Å². The van der Waals surface area contributed by atoms with Gasteiger partial charge >= 0.3 is 6.09 Å². The van der Waals surface area contributed by atoms with E-state index in [4.69, 9.17) is 21.7 Å². The van der Waals surface area contributed by atoms with E-state index in [0.717, 1.165) is 0 Å². The fourth-order valence-electron chi connectivity index (χ4n) is 3.48. The van der Waals surface area contributed by atoms with Gasteiger partial charge in [-0.25, -0.2) is 9.59 Å². The highest BCUT2D eigenvalue weighted by atomic mass is 32.1. The third-order valence-corrected chi connectivity index (χ3v) is 4.98. The van der Waals surface area contributed by atoms with Crippen molar-refractivity contribution in [2.45, 2.75) is 24.9 Å². The molecule has 2 N–H and O–H groups in total. The molecular formula is C22H23N3O6S. The van der Waals surface area contributed by atoms with Gasteiger partial charge in [-0.15, -0.1) is 0 Å². The Morgan fingerprint density at radius 2 is 2.09 bits per heavy atom. The Labute approximate surface area is 191 Å². The van der Waals surface area contributed by atoms with E-state index < -0.39 is 24.1 Å². The number of amides is 2. The van der Waals surface area contributed by atoms with Crippen molar-refractivity contribution in [3.63, 3.8) is 0 Å². The number of thiocarbonyl (C=S) groups is 1. The van der Waals surface area contributed by atoms with E-state index in [1.165, 1.54) is 29.2 Å². The minimum atomic E-state index is -0.983. The molecule has 1 fully saturated rings. The molecule has 9 nitrogen and oxygen atoms in total. The van der Waals surface area contributed by atoms with Crippen LogP contribution >= 0.6 is 12.2 Å². The van der Waals surface area contributed by atoms with Gasteiger partial charge < -0.3 is 19.9 Å². The molecule has 0 bridgehead atoms. The topological polar surface area (TPSA) is 129 Å². The molecule has 0 radical (unpaired) electrons. The molecule has 0 saturated carbocycles. The molecule has 2 amide bonds. The van der Waals surface area contributed by atoms with Crippen LogP contribution in [0, 0.1) is 17.2 Å². The lowest BCUT2D eigenvalue weighted by Gasteiger charge is -2.27. The summed E-state index contributed by atoms with van der Waals surface area (Å²) in [6, 6.07) is 0.0433. The minimum absolute atomic E-state index is 0.00562. The Hall–Kier alpha value is -3.67. The average Bonchev–Trinajstić information content (AvgIpc) is 3.18. The summed E-state index contributed by atoms with van der Waals surface area (Å²) >= 11 is 4.74. The smallest absolute Gasteiger partial charge is 0.410 e. The number of aliphatic hydroxyl groups excluding tert-OH is 1. The van der Waals surface area contributed by atoms with Crippen molar-refractivity contribution in [2.75, 3.05) is 19.8 Å². The largest absolute Gasteiger partial charge is 0.502 e. The van der Waals surface area contributed by atoms with Crippen LogP contribution in [0.4, 0.5) is 4.79 Å². The summed E-state index contributed by atoms with van der Waals surface area (Å²) in [7, 11) is 0. The zero-order valence-corrected chi connectivity index (χ0v) is 18.1. The predicted molar refractivity (Wildman–Crippen MR) is 119 cm³/mol. The number of likely N-dealkylation sites (tertiary alicyclic amines) is 1. The summed E-state index contributed by atoms with van der Waals surface area (Å²) in [5, 5.41) is 21.2. The maximum absolute atomic E-state index is 13.1. The van der Waals surface area contributed by atoms with Crippen LogP contribution in [0.1, 0.15) is 12.8 Å². The number of nitrogens with one attached hydrogen (secondary N) is 1. The highest BCUT2D eigenvalue weighted by Gasteiger charge is 2.41. The van der Waals surface area contributed by atoms with Gasteiger partial charge in [0.1, 0.15) is 36.5 Å². The summed E-state index contributed by atoms with van der Waals surface area (Å²) in [4.78, 5) is 38.4. The van der Waals surface area contributed by atoms with Crippen molar-refractivity contribution in [3.05, 3.63) is 54.4 Å². The molecule has 0 aromatic heterocycles. The number of hydrogen-bond acceptors (Lipinski definition) is 7. The minimum Gasteiger partial charge on any atom is -0.502 e. The van der Waals surface area contributed by atoms with Gasteiger partial charge in [-0.1, -0.05) is 25.3 Å². The molecule has 32 heavy (non-hydrogen) atoms. The van der Waals surface area contributed by atoms with Gasteiger partial charge in [0, 0.05) is 13.0 Å². The lowest BCUT2D eigenvalue weighted by molar-refractivity contribution is -0.125. The molecule has 2 aliphatic rings. The molecule has 0 aromatic rings. The summed E-state index contributed by atoms with van der Waals surface area (Å²) in [5.74, 6) is 1.04. The van der Waals surface area contributed by atoms with E-state index in [1.807, 2.05) is 6.07 Å². The van der Waals surface area contributed by atoms with Crippen LogP contribution in [0.2, 0.25) is 0 Å². The zero-order valence-electron chi connectivity index (χ0n) is 17.3. The molecule has 1 heterocycles. The van der Waals surface area contributed by atoms with E-state index in [0.29, 0.717) is 0 Å². The van der Waals surface area contributed by atoms with Gasteiger partial charge in [0.05, 0.1) is 17.7 Å². The van der Waals surface area contributed by atoms with Crippen LogP contribution in [-0.4, -0.2) is 64.8 Å². The number of allylic oxidation sites excluding steroid dienone is 2. The zero-order chi connectivity index (χ0) is 23.7. The number of carbonyl (C=O) groups is 2. The average molecular weight is 458 g/mol. The van der Waals surface area contributed by atoms with Crippen LogP contribution in [0.25, 0.3) is 0 Å². The van der Waals surface area contributed by atoms with Crippen LogP contribution in [0.3, 0.4) is 0 Å². The van der Waals surface area contributed by atoms with E-state index in [-0.39, 0.29) is 60.5 Å². The second-order valence-electron chi connectivity index (χ2n) is 7.08. The summed E-state index contributed by atoms with van der Waals surface area (Å²) < 4.78 is 10.5. The summed E-state index contributed by atoms with van der Waals surface area (Å²) in [5.41, 5.74) is 0.191.